The molecule has 1 atom stereocenters. The first-order chi connectivity index (χ1) is 8.93. The lowest BCUT2D eigenvalue weighted by molar-refractivity contribution is 0.627. The van der Waals surface area contributed by atoms with Crippen LogP contribution < -0.4 is 5.32 Å². The second kappa shape index (κ2) is 5.19. The highest BCUT2D eigenvalue weighted by Crippen LogP contribution is 2.27. The molecule has 1 nitrogen and oxygen atoms in total. The molecule has 1 unspecified atom stereocenters. The fourth-order valence-electron chi connectivity index (χ4n) is 2.44. The average molecular weight is 235 g/mol. The average Bonchev–Trinajstić information content (AvgIpc) is 2.84. The van der Waals surface area contributed by atoms with E-state index in [0.29, 0.717) is 6.04 Å². The fraction of sp³-hybridized carbons (Fsp3) is 0.176. The molecule has 0 saturated heterocycles. The highest BCUT2D eigenvalue weighted by Gasteiger charge is 2.15. The van der Waals surface area contributed by atoms with Gasteiger partial charge in [-0.2, -0.15) is 0 Å². The van der Waals surface area contributed by atoms with Crippen molar-refractivity contribution in [2.75, 3.05) is 6.54 Å². The number of rotatable bonds is 4. The zero-order chi connectivity index (χ0) is 12.2. The van der Waals surface area contributed by atoms with Crippen LogP contribution in [-0.2, 0) is 6.42 Å². The molecule has 90 valence electrons. The lowest BCUT2D eigenvalue weighted by Crippen LogP contribution is -2.21. The van der Waals surface area contributed by atoms with Gasteiger partial charge in [-0.05, 0) is 23.1 Å². The van der Waals surface area contributed by atoms with E-state index in [0.717, 1.165) is 13.0 Å². The minimum absolute atomic E-state index is 0.380. The van der Waals surface area contributed by atoms with E-state index in [2.05, 4.69) is 72.1 Å². The van der Waals surface area contributed by atoms with E-state index >= 15 is 0 Å². The summed E-state index contributed by atoms with van der Waals surface area (Å²) >= 11 is 0. The van der Waals surface area contributed by atoms with Crippen molar-refractivity contribution < 1.29 is 0 Å². The third kappa shape index (κ3) is 2.36. The van der Waals surface area contributed by atoms with Gasteiger partial charge in [0, 0.05) is 6.54 Å². The first-order valence-corrected chi connectivity index (χ1v) is 6.48. The highest BCUT2D eigenvalue weighted by atomic mass is 14.9. The topological polar surface area (TPSA) is 12.0 Å². The second-order valence-corrected chi connectivity index (χ2v) is 4.66. The Hall–Kier alpha value is -1.86. The maximum Gasteiger partial charge on any atom is 0.0515 e. The molecule has 0 saturated carbocycles. The minimum Gasteiger partial charge on any atom is -0.306 e. The lowest BCUT2D eigenvalue weighted by Gasteiger charge is -2.13. The maximum atomic E-state index is 3.60. The summed E-state index contributed by atoms with van der Waals surface area (Å²) in [6, 6.07) is 19.6. The number of hydrogen-bond donors (Lipinski definition) is 1. The molecule has 2 aromatic carbocycles. The van der Waals surface area contributed by atoms with Crippen molar-refractivity contribution in [2.45, 2.75) is 12.5 Å². The van der Waals surface area contributed by atoms with Gasteiger partial charge in [-0.25, -0.2) is 0 Å². The van der Waals surface area contributed by atoms with Crippen molar-refractivity contribution in [3.8, 4) is 0 Å². The molecule has 1 aliphatic carbocycles. The van der Waals surface area contributed by atoms with E-state index in [9.17, 15) is 0 Å². The Balaban J connectivity index is 1.58. The van der Waals surface area contributed by atoms with Gasteiger partial charge < -0.3 is 5.32 Å². The Morgan fingerprint density at radius 3 is 2.56 bits per heavy atom. The first-order valence-electron chi connectivity index (χ1n) is 6.48. The largest absolute Gasteiger partial charge is 0.306 e. The van der Waals surface area contributed by atoms with Crippen molar-refractivity contribution in [1.29, 1.82) is 0 Å². The number of benzene rings is 2. The van der Waals surface area contributed by atoms with Crippen molar-refractivity contribution >= 4 is 6.08 Å². The summed E-state index contributed by atoms with van der Waals surface area (Å²) < 4.78 is 0. The van der Waals surface area contributed by atoms with Crippen LogP contribution in [0.1, 0.15) is 22.7 Å². The predicted octanol–water partition coefficient (Wildman–Crippen LogP) is 3.59. The Morgan fingerprint density at radius 2 is 1.67 bits per heavy atom. The summed E-state index contributed by atoms with van der Waals surface area (Å²) in [6.07, 6.45) is 5.53. The van der Waals surface area contributed by atoms with Gasteiger partial charge in [0.2, 0.25) is 0 Å². The van der Waals surface area contributed by atoms with E-state index in [-0.39, 0.29) is 0 Å². The zero-order valence-corrected chi connectivity index (χ0v) is 10.3. The normalized spacial score (nSPS) is 16.8. The molecule has 0 spiro atoms. The second-order valence-electron chi connectivity index (χ2n) is 4.66. The molecule has 0 bridgehead atoms. The number of fused-ring (bicyclic) bond motifs is 1. The van der Waals surface area contributed by atoms with Crippen LogP contribution in [0.5, 0.6) is 0 Å². The summed E-state index contributed by atoms with van der Waals surface area (Å²) in [5.41, 5.74) is 4.13. The standard InChI is InChI=1S/C17H17N/c1-2-6-14(7-3-1)12-13-18-17-11-10-15-8-4-5-9-16(15)17/h1-11,17-18H,12-13H2. The van der Waals surface area contributed by atoms with E-state index in [1.165, 1.54) is 16.7 Å². The third-order valence-corrected chi connectivity index (χ3v) is 3.42. The van der Waals surface area contributed by atoms with Crippen LogP contribution in [0.4, 0.5) is 0 Å². The van der Waals surface area contributed by atoms with Gasteiger partial charge in [-0.3, -0.25) is 0 Å². The molecular weight excluding hydrogens is 218 g/mol. The molecule has 18 heavy (non-hydrogen) atoms. The van der Waals surface area contributed by atoms with Crippen LogP contribution in [0.15, 0.2) is 60.7 Å². The van der Waals surface area contributed by atoms with Crippen molar-refractivity contribution in [1.82, 2.24) is 5.32 Å². The Labute approximate surface area is 108 Å². The molecule has 0 aliphatic heterocycles. The van der Waals surface area contributed by atoms with Crippen LogP contribution in [-0.4, -0.2) is 6.54 Å². The fourth-order valence-corrected chi connectivity index (χ4v) is 2.44. The minimum atomic E-state index is 0.380. The van der Waals surface area contributed by atoms with E-state index in [4.69, 9.17) is 0 Å². The first kappa shape index (κ1) is 11.2. The molecule has 3 rings (SSSR count). The molecule has 0 radical (unpaired) electrons. The summed E-state index contributed by atoms with van der Waals surface area (Å²) in [6.45, 7) is 1.01. The van der Waals surface area contributed by atoms with E-state index < -0.39 is 0 Å². The van der Waals surface area contributed by atoms with Gasteiger partial charge in [-0.1, -0.05) is 66.7 Å². The van der Waals surface area contributed by atoms with Crippen LogP contribution in [0.2, 0.25) is 0 Å². The van der Waals surface area contributed by atoms with E-state index in [1.54, 1.807) is 0 Å². The SMILES string of the molecule is C1=CC(NCCc2ccccc2)c2ccccc21. The quantitative estimate of drug-likeness (QED) is 0.854. The molecule has 1 heteroatoms. The lowest BCUT2D eigenvalue weighted by atomic mass is 10.1. The molecule has 0 heterocycles. The predicted molar refractivity (Wildman–Crippen MR) is 76.4 cm³/mol. The molecule has 1 N–H and O–H groups in total. The van der Waals surface area contributed by atoms with Crippen molar-refractivity contribution in [2.24, 2.45) is 0 Å². The summed E-state index contributed by atoms with van der Waals surface area (Å²) in [5, 5.41) is 3.60. The molecule has 0 fully saturated rings. The monoisotopic (exact) mass is 235 g/mol. The molecular formula is C17H17N. The van der Waals surface area contributed by atoms with Crippen LogP contribution >= 0.6 is 0 Å². The molecule has 1 aliphatic rings. The van der Waals surface area contributed by atoms with Crippen LogP contribution in [0, 0.1) is 0 Å². The smallest absolute Gasteiger partial charge is 0.0515 e. The summed E-state index contributed by atoms with van der Waals surface area (Å²) in [7, 11) is 0. The van der Waals surface area contributed by atoms with Gasteiger partial charge in [0.1, 0.15) is 0 Å². The maximum absolute atomic E-state index is 3.60. The summed E-state index contributed by atoms with van der Waals surface area (Å²) in [5.74, 6) is 0. The third-order valence-electron chi connectivity index (χ3n) is 3.42. The Bertz CT molecular complexity index is 543. The van der Waals surface area contributed by atoms with Crippen molar-refractivity contribution in [3.63, 3.8) is 0 Å². The van der Waals surface area contributed by atoms with Crippen LogP contribution in [0.25, 0.3) is 6.08 Å². The number of hydrogen-bond acceptors (Lipinski definition) is 1. The van der Waals surface area contributed by atoms with Gasteiger partial charge >= 0.3 is 0 Å². The molecule has 0 amide bonds. The van der Waals surface area contributed by atoms with Crippen LogP contribution in [0.3, 0.4) is 0 Å². The van der Waals surface area contributed by atoms with Crippen molar-refractivity contribution in [3.05, 3.63) is 77.4 Å². The van der Waals surface area contributed by atoms with E-state index in [1.807, 2.05) is 0 Å². The highest BCUT2D eigenvalue weighted by molar-refractivity contribution is 5.61. The number of nitrogens with one attached hydrogen (secondary N) is 1. The van der Waals surface area contributed by atoms with Gasteiger partial charge in [0.25, 0.3) is 0 Å². The Morgan fingerprint density at radius 1 is 0.889 bits per heavy atom. The van der Waals surface area contributed by atoms with Gasteiger partial charge in [0.05, 0.1) is 6.04 Å². The summed E-state index contributed by atoms with van der Waals surface area (Å²) in [4.78, 5) is 0. The molecule has 0 aromatic heterocycles. The molecule has 2 aromatic rings. The van der Waals surface area contributed by atoms with Gasteiger partial charge in [-0.15, -0.1) is 0 Å². The van der Waals surface area contributed by atoms with Gasteiger partial charge in [0.15, 0.2) is 0 Å². The Kier molecular flexibility index (Phi) is 3.24. The zero-order valence-electron chi connectivity index (χ0n) is 10.3.